The minimum absolute atomic E-state index is 0.302. The van der Waals surface area contributed by atoms with Crippen LogP contribution in [0.1, 0.15) is 17.5 Å². The Balaban J connectivity index is 1.76. The Bertz CT molecular complexity index is 710. The van der Waals surface area contributed by atoms with Gasteiger partial charge in [0.15, 0.2) is 0 Å². The van der Waals surface area contributed by atoms with E-state index in [1.54, 1.807) is 0 Å². The lowest BCUT2D eigenvalue weighted by Gasteiger charge is -2.05. The minimum Gasteiger partial charge on any atom is -0.337 e. The quantitative estimate of drug-likeness (QED) is 0.783. The average Bonchev–Trinajstić information content (AvgIpc) is 2.99. The van der Waals surface area contributed by atoms with Gasteiger partial charge in [-0.05, 0) is 36.2 Å². The maximum Gasteiger partial charge on any atom is 0.244 e. The van der Waals surface area contributed by atoms with Gasteiger partial charge < -0.3 is 10.3 Å². The van der Waals surface area contributed by atoms with Crippen molar-refractivity contribution in [1.29, 1.82) is 0 Å². The predicted octanol–water partition coefficient (Wildman–Crippen LogP) is 3.74. The van der Waals surface area contributed by atoms with Crippen LogP contribution in [-0.2, 0) is 6.42 Å². The summed E-state index contributed by atoms with van der Waals surface area (Å²) in [5.41, 5.74) is 8.19. The molecule has 0 aliphatic heterocycles. The van der Waals surface area contributed by atoms with Crippen LogP contribution in [-0.4, -0.2) is 10.1 Å². The molecule has 0 saturated carbocycles. The molecule has 1 heterocycles. The third-order valence-electron chi connectivity index (χ3n) is 3.16. The van der Waals surface area contributed by atoms with Crippen LogP contribution in [0.3, 0.4) is 0 Å². The molecule has 2 aromatic carbocycles. The van der Waals surface area contributed by atoms with Gasteiger partial charge in [-0.3, -0.25) is 0 Å². The van der Waals surface area contributed by atoms with Crippen LogP contribution in [0.15, 0.2) is 63.6 Å². The molecule has 106 valence electrons. The smallest absolute Gasteiger partial charge is 0.244 e. The first-order valence-corrected chi connectivity index (χ1v) is 7.41. The van der Waals surface area contributed by atoms with Gasteiger partial charge in [0.05, 0.1) is 6.04 Å². The Kier molecular flexibility index (Phi) is 4.13. The van der Waals surface area contributed by atoms with Crippen LogP contribution in [0, 0.1) is 0 Å². The van der Waals surface area contributed by atoms with Crippen molar-refractivity contribution < 1.29 is 4.52 Å². The highest BCUT2D eigenvalue weighted by atomic mass is 79.9. The van der Waals surface area contributed by atoms with Gasteiger partial charge >= 0.3 is 0 Å². The Morgan fingerprint density at radius 1 is 1.05 bits per heavy atom. The third kappa shape index (κ3) is 3.37. The van der Waals surface area contributed by atoms with E-state index in [1.807, 2.05) is 54.6 Å². The normalized spacial score (nSPS) is 12.3. The van der Waals surface area contributed by atoms with Gasteiger partial charge in [-0.2, -0.15) is 4.98 Å². The Labute approximate surface area is 131 Å². The van der Waals surface area contributed by atoms with Crippen molar-refractivity contribution in [3.8, 4) is 11.4 Å². The van der Waals surface area contributed by atoms with Crippen molar-refractivity contribution in [2.24, 2.45) is 5.73 Å². The lowest BCUT2D eigenvalue weighted by Crippen LogP contribution is -2.13. The molecule has 5 heteroatoms. The summed E-state index contributed by atoms with van der Waals surface area (Å²) in [4.78, 5) is 4.39. The van der Waals surface area contributed by atoms with Crippen LogP contribution in [0.25, 0.3) is 11.4 Å². The van der Waals surface area contributed by atoms with E-state index in [2.05, 4.69) is 26.1 Å². The van der Waals surface area contributed by atoms with Crippen LogP contribution in [0.5, 0.6) is 0 Å². The monoisotopic (exact) mass is 343 g/mol. The van der Waals surface area contributed by atoms with Gasteiger partial charge in [-0.25, -0.2) is 0 Å². The zero-order valence-corrected chi connectivity index (χ0v) is 12.8. The van der Waals surface area contributed by atoms with Gasteiger partial charge in [0.2, 0.25) is 11.7 Å². The topological polar surface area (TPSA) is 64.9 Å². The molecule has 0 aliphatic carbocycles. The summed E-state index contributed by atoms with van der Waals surface area (Å²) in [6.07, 6.45) is 0.669. The van der Waals surface area contributed by atoms with Crippen LogP contribution in [0.2, 0.25) is 0 Å². The molecule has 1 aromatic heterocycles. The molecule has 0 saturated heterocycles. The van der Waals surface area contributed by atoms with Crippen molar-refractivity contribution in [2.75, 3.05) is 0 Å². The molecule has 0 unspecified atom stereocenters. The van der Waals surface area contributed by atoms with E-state index < -0.39 is 0 Å². The number of halogens is 1. The Morgan fingerprint density at radius 3 is 2.48 bits per heavy atom. The van der Waals surface area contributed by atoms with Gasteiger partial charge in [-0.15, -0.1) is 0 Å². The van der Waals surface area contributed by atoms with E-state index in [1.165, 1.54) is 0 Å². The summed E-state index contributed by atoms with van der Waals surface area (Å²) in [6, 6.07) is 17.5. The number of aromatic nitrogens is 2. The highest BCUT2D eigenvalue weighted by molar-refractivity contribution is 9.10. The summed E-state index contributed by atoms with van der Waals surface area (Å²) >= 11 is 3.40. The van der Waals surface area contributed by atoms with E-state index in [9.17, 15) is 0 Å². The molecule has 4 nitrogen and oxygen atoms in total. The van der Waals surface area contributed by atoms with Gasteiger partial charge in [0, 0.05) is 10.0 Å². The summed E-state index contributed by atoms with van der Waals surface area (Å²) in [5.74, 6) is 1.01. The zero-order valence-electron chi connectivity index (χ0n) is 11.2. The molecular formula is C16H14BrN3O. The second kappa shape index (κ2) is 6.20. The number of nitrogens with two attached hydrogens (primary N) is 1. The highest BCUT2D eigenvalue weighted by Gasteiger charge is 2.16. The second-order valence-electron chi connectivity index (χ2n) is 4.76. The van der Waals surface area contributed by atoms with Crippen molar-refractivity contribution in [2.45, 2.75) is 12.5 Å². The molecule has 3 aromatic rings. The molecule has 0 amide bonds. The first-order valence-electron chi connectivity index (χ1n) is 6.61. The van der Waals surface area contributed by atoms with Crippen molar-refractivity contribution in [3.05, 3.63) is 70.5 Å². The Hall–Kier alpha value is -1.98. The summed E-state index contributed by atoms with van der Waals surface area (Å²) in [7, 11) is 0. The molecule has 21 heavy (non-hydrogen) atoms. The Morgan fingerprint density at radius 2 is 1.76 bits per heavy atom. The fraction of sp³-hybridized carbons (Fsp3) is 0.125. The lowest BCUT2D eigenvalue weighted by atomic mass is 10.1. The summed E-state index contributed by atoms with van der Waals surface area (Å²) in [5, 5.41) is 4.00. The third-order valence-corrected chi connectivity index (χ3v) is 3.69. The molecule has 1 atom stereocenters. The van der Waals surface area contributed by atoms with E-state index in [0.29, 0.717) is 18.1 Å². The van der Waals surface area contributed by atoms with E-state index in [0.717, 1.165) is 15.6 Å². The number of benzene rings is 2. The maximum atomic E-state index is 6.14. The average molecular weight is 344 g/mol. The molecular weight excluding hydrogens is 330 g/mol. The molecule has 0 bridgehead atoms. The molecule has 3 rings (SSSR count). The largest absolute Gasteiger partial charge is 0.337 e. The standard InChI is InChI=1S/C16H14BrN3O/c17-13-8-6-12(7-9-13)15-19-16(21-20-15)14(18)10-11-4-2-1-3-5-11/h1-9,14H,10,18H2/t14-/m1/s1. The number of rotatable bonds is 4. The van der Waals surface area contributed by atoms with Crippen LogP contribution < -0.4 is 5.73 Å². The van der Waals surface area contributed by atoms with Crippen molar-refractivity contribution in [1.82, 2.24) is 10.1 Å². The maximum absolute atomic E-state index is 6.14. The molecule has 2 N–H and O–H groups in total. The molecule has 0 spiro atoms. The number of nitrogens with zero attached hydrogens (tertiary/aromatic N) is 2. The highest BCUT2D eigenvalue weighted by Crippen LogP contribution is 2.21. The predicted molar refractivity (Wildman–Crippen MR) is 84.5 cm³/mol. The van der Waals surface area contributed by atoms with E-state index >= 15 is 0 Å². The molecule has 0 fully saturated rings. The first-order chi connectivity index (χ1) is 10.2. The van der Waals surface area contributed by atoms with Crippen LogP contribution in [0.4, 0.5) is 0 Å². The van der Waals surface area contributed by atoms with Crippen molar-refractivity contribution in [3.63, 3.8) is 0 Å². The second-order valence-corrected chi connectivity index (χ2v) is 5.68. The summed E-state index contributed by atoms with van der Waals surface area (Å²) in [6.45, 7) is 0. The van der Waals surface area contributed by atoms with Gasteiger partial charge in [0.25, 0.3) is 0 Å². The van der Waals surface area contributed by atoms with E-state index in [-0.39, 0.29) is 6.04 Å². The molecule has 0 radical (unpaired) electrons. The van der Waals surface area contributed by atoms with Crippen molar-refractivity contribution >= 4 is 15.9 Å². The zero-order chi connectivity index (χ0) is 14.7. The van der Waals surface area contributed by atoms with Crippen LogP contribution >= 0.6 is 15.9 Å². The fourth-order valence-corrected chi connectivity index (χ4v) is 2.32. The number of hydrogen-bond acceptors (Lipinski definition) is 4. The fourth-order valence-electron chi connectivity index (χ4n) is 2.06. The number of hydrogen-bond donors (Lipinski definition) is 1. The molecule has 0 aliphatic rings. The van der Waals surface area contributed by atoms with Gasteiger partial charge in [-0.1, -0.05) is 51.4 Å². The SMILES string of the molecule is N[C@H](Cc1ccccc1)c1nc(-c2ccc(Br)cc2)no1. The summed E-state index contributed by atoms with van der Waals surface area (Å²) < 4.78 is 6.30. The first kappa shape index (κ1) is 14.0. The van der Waals surface area contributed by atoms with Gasteiger partial charge in [0.1, 0.15) is 0 Å². The lowest BCUT2D eigenvalue weighted by molar-refractivity contribution is 0.354. The van der Waals surface area contributed by atoms with E-state index in [4.69, 9.17) is 10.3 Å². The minimum atomic E-state index is -0.302.